The number of benzene rings is 2. The predicted octanol–water partition coefficient (Wildman–Crippen LogP) is 2.60. The van der Waals surface area contributed by atoms with E-state index in [0.717, 1.165) is 22.6 Å². The molecule has 2 aromatic rings. The summed E-state index contributed by atoms with van der Waals surface area (Å²) >= 11 is 0. The van der Waals surface area contributed by atoms with Crippen LogP contribution in [0.15, 0.2) is 42.5 Å². The third kappa shape index (κ3) is 4.22. The largest absolute Gasteiger partial charge is 0.495 e. The summed E-state index contributed by atoms with van der Waals surface area (Å²) in [6.45, 7) is 6.21. The van der Waals surface area contributed by atoms with Gasteiger partial charge >= 0.3 is 11.8 Å². The van der Waals surface area contributed by atoms with Gasteiger partial charge in [0, 0.05) is 31.9 Å². The van der Waals surface area contributed by atoms with E-state index in [9.17, 15) is 9.59 Å². The summed E-state index contributed by atoms with van der Waals surface area (Å²) in [5, 5.41) is 2.73. The first kappa shape index (κ1) is 18.8. The van der Waals surface area contributed by atoms with E-state index in [-0.39, 0.29) is 0 Å². The molecule has 1 N–H and O–H groups in total. The van der Waals surface area contributed by atoms with Gasteiger partial charge in [-0.1, -0.05) is 29.8 Å². The molecule has 0 saturated carbocycles. The quantitative estimate of drug-likeness (QED) is 0.847. The minimum Gasteiger partial charge on any atom is -0.495 e. The number of hydrogen-bond acceptors (Lipinski definition) is 4. The third-order valence-electron chi connectivity index (χ3n) is 4.82. The normalized spacial score (nSPS) is 14.0. The molecule has 1 heterocycles. The fraction of sp³-hybridized carbons (Fsp3) is 0.333. The van der Waals surface area contributed by atoms with Gasteiger partial charge in [-0.2, -0.15) is 0 Å². The van der Waals surface area contributed by atoms with Crippen molar-refractivity contribution in [2.75, 3.05) is 43.5 Å². The molecule has 0 radical (unpaired) electrons. The molecule has 3 rings (SSSR count). The molecule has 0 bridgehead atoms. The van der Waals surface area contributed by atoms with Gasteiger partial charge < -0.3 is 19.9 Å². The van der Waals surface area contributed by atoms with E-state index in [0.29, 0.717) is 31.9 Å². The van der Waals surface area contributed by atoms with Gasteiger partial charge in [0.2, 0.25) is 0 Å². The van der Waals surface area contributed by atoms with E-state index in [2.05, 4.69) is 10.2 Å². The fourth-order valence-electron chi connectivity index (χ4n) is 3.31. The molecule has 6 heteroatoms. The number of methoxy groups -OCH3 is 1. The number of aryl methyl sites for hydroxylation is 2. The second-order valence-electron chi connectivity index (χ2n) is 6.72. The Labute approximate surface area is 159 Å². The molecule has 1 aliphatic rings. The van der Waals surface area contributed by atoms with E-state index in [1.54, 1.807) is 12.0 Å². The lowest BCUT2D eigenvalue weighted by Gasteiger charge is -2.36. The number of rotatable bonds is 3. The van der Waals surface area contributed by atoms with Gasteiger partial charge in [0.25, 0.3) is 0 Å². The van der Waals surface area contributed by atoms with Crippen LogP contribution in [0.1, 0.15) is 11.1 Å². The second kappa shape index (κ2) is 8.12. The van der Waals surface area contributed by atoms with Gasteiger partial charge in [0.15, 0.2) is 0 Å². The average Bonchev–Trinajstić information content (AvgIpc) is 2.69. The van der Waals surface area contributed by atoms with Crippen molar-refractivity contribution in [2.45, 2.75) is 13.8 Å². The predicted molar refractivity (Wildman–Crippen MR) is 106 cm³/mol. The summed E-state index contributed by atoms with van der Waals surface area (Å²) in [4.78, 5) is 28.7. The maximum Gasteiger partial charge on any atom is 0.313 e. The van der Waals surface area contributed by atoms with Crippen molar-refractivity contribution in [3.8, 4) is 5.75 Å². The highest BCUT2D eigenvalue weighted by molar-refractivity contribution is 6.39. The zero-order valence-corrected chi connectivity index (χ0v) is 16.0. The van der Waals surface area contributed by atoms with Crippen LogP contribution in [-0.2, 0) is 9.59 Å². The average molecular weight is 367 g/mol. The Kier molecular flexibility index (Phi) is 5.64. The molecular formula is C21H25N3O3. The van der Waals surface area contributed by atoms with Crippen molar-refractivity contribution < 1.29 is 14.3 Å². The van der Waals surface area contributed by atoms with E-state index >= 15 is 0 Å². The third-order valence-corrected chi connectivity index (χ3v) is 4.82. The lowest BCUT2D eigenvalue weighted by Crippen LogP contribution is -2.51. The molecule has 0 spiro atoms. The van der Waals surface area contributed by atoms with Gasteiger partial charge in [0.05, 0.1) is 12.8 Å². The SMILES string of the molecule is COc1ccccc1N1CCN(C(=O)C(=O)Nc2ccc(C)cc2C)CC1. The van der Waals surface area contributed by atoms with Gasteiger partial charge in [-0.05, 0) is 37.6 Å². The molecule has 0 unspecified atom stereocenters. The fourth-order valence-corrected chi connectivity index (χ4v) is 3.31. The number of amides is 2. The molecule has 142 valence electrons. The number of piperazine rings is 1. The van der Waals surface area contributed by atoms with Crippen LogP contribution in [0.25, 0.3) is 0 Å². The first-order valence-electron chi connectivity index (χ1n) is 9.05. The summed E-state index contributed by atoms with van der Waals surface area (Å²) in [5.74, 6) is -0.271. The molecule has 2 amide bonds. The number of carbonyl (C=O) groups is 2. The van der Waals surface area contributed by atoms with E-state index in [1.807, 2.05) is 56.3 Å². The number of nitrogens with zero attached hydrogens (tertiary/aromatic N) is 2. The second-order valence-corrected chi connectivity index (χ2v) is 6.72. The summed E-state index contributed by atoms with van der Waals surface area (Å²) in [7, 11) is 1.65. The summed E-state index contributed by atoms with van der Waals surface area (Å²) in [6, 6.07) is 13.5. The van der Waals surface area contributed by atoms with E-state index in [1.165, 1.54) is 0 Å². The van der Waals surface area contributed by atoms with Crippen molar-refractivity contribution in [1.82, 2.24) is 4.90 Å². The Bertz CT molecular complexity index is 842. The summed E-state index contributed by atoms with van der Waals surface area (Å²) < 4.78 is 5.41. The highest BCUT2D eigenvalue weighted by atomic mass is 16.5. The minimum atomic E-state index is -0.590. The molecule has 1 aliphatic heterocycles. The van der Waals surface area contributed by atoms with Gasteiger partial charge in [0.1, 0.15) is 5.75 Å². The Morgan fingerprint density at radius 1 is 1.00 bits per heavy atom. The van der Waals surface area contributed by atoms with E-state index < -0.39 is 11.8 Å². The van der Waals surface area contributed by atoms with Crippen LogP contribution in [0.4, 0.5) is 11.4 Å². The first-order valence-corrected chi connectivity index (χ1v) is 9.05. The number of carbonyl (C=O) groups excluding carboxylic acids is 2. The molecule has 0 aliphatic carbocycles. The Morgan fingerprint density at radius 3 is 2.37 bits per heavy atom. The number of para-hydroxylation sites is 2. The number of nitrogens with one attached hydrogen (secondary N) is 1. The van der Waals surface area contributed by atoms with Crippen LogP contribution in [0, 0.1) is 13.8 Å². The van der Waals surface area contributed by atoms with Crippen LogP contribution in [0.3, 0.4) is 0 Å². The number of anilines is 2. The lowest BCUT2D eigenvalue weighted by atomic mass is 10.1. The highest BCUT2D eigenvalue weighted by Gasteiger charge is 2.27. The molecule has 1 fully saturated rings. The smallest absolute Gasteiger partial charge is 0.313 e. The van der Waals surface area contributed by atoms with Crippen LogP contribution in [0.2, 0.25) is 0 Å². The number of ether oxygens (including phenoxy) is 1. The molecule has 6 nitrogen and oxygen atoms in total. The lowest BCUT2D eigenvalue weighted by molar-refractivity contribution is -0.143. The molecule has 1 saturated heterocycles. The van der Waals surface area contributed by atoms with E-state index in [4.69, 9.17) is 4.74 Å². The van der Waals surface area contributed by atoms with Crippen molar-refractivity contribution in [3.05, 3.63) is 53.6 Å². The van der Waals surface area contributed by atoms with Crippen molar-refractivity contribution in [1.29, 1.82) is 0 Å². The van der Waals surface area contributed by atoms with Crippen molar-refractivity contribution in [2.24, 2.45) is 0 Å². The van der Waals surface area contributed by atoms with Gasteiger partial charge in [-0.25, -0.2) is 0 Å². The molecule has 27 heavy (non-hydrogen) atoms. The summed E-state index contributed by atoms with van der Waals surface area (Å²) in [5.41, 5.74) is 3.74. The number of hydrogen-bond donors (Lipinski definition) is 1. The van der Waals surface area contributed by atoms with Crippen molar-refractivity contribution >= 4 is 23.2 Å². The van der Waals surface area contributed by atoms with Gasteiger partial charge in [-0.3, -0.25) is 9.59 Å². The van der Waals surface area contributed by atoms with Gasteiger partial charge in [-0.15, -0.1) is 0 Å². The molecular weight excluding hydrogens is 342 g/mol. The van der Waals surface area contributed by atoms with Crippen molar-refractivity contribution in [3.63, 3.8) is 0 Å². The Balaban J connectivity index is 1.60. The Hall–Kier alpha value is -3.02. The van der Waals surface area contributed by atoms with Crippen LogP contribution < -0.4 is 15.0 Å². The maximum absolute atomic E-state index is 12.5. The monoisotopic (exact) mass is 367 g/mol. The summed E-state index contributed by atoms with van der Waals surface area (Å²) in [6.07, 6.45) is 0. The molecule has 0 atom stereocenters. The zero-order chi connectivity index (χ0) is 19.4. The molecule has 0 aromatic heterocycles. The highest BCUT2D eigenvalue weighted by Crippen LogP contribution is 2.28. The van der Waals surface area contributed by atoms with Crippen LogP contribution >= 0.6 is 0 Å². The zero-order valence-electron chi connectivity index (χ0n) is 16.0. The molecule has 2 aromatic carbocycles. The van der Waals surface area contributed by atoms with Crippen LogP contribution in [-0.4, -0.2) is 50.0 Å². The Morgan fingerprint density at radius 2 is 1.70 bits per heavy atom. The topological polar surface area (TPSA) is 61.9 Å². The maximum atomic E-state index is 12.5. The van der Waals surface area contributed by atoms with Crippen LogP contribution in [0.5, 0.6) is 5.75 Å². The standard InChI is InChI=1S/C21H25N3O3/c1-15-8-9-17(16(2)14-15)22-20(25)21(26)24-12-10-23(11-13-24)18-6-4-5-7-19(18)27-3/h4-9,14H,10-13H2,1-3H3,(H,22,25). The first-order chi connectivity index (χ1) is 13.0. The minimum absolute atomic E-state index is 0.491.